The van der Waals surface area contributed by atoms with E-state index in [1.165, 1.54) is 0 Å². The number of carbonyl (C=O) groups excluding carboxylic acids is 1. The van der Waals surface area contributed by atoms with E-state index in [0.29, 0.717) is 18.4 Å². The summed E-state index contributed by atoms with van der Waals surface area (Å²) in [6, 6.07) is 0.00911. The third-order valence-electron chi connectivity index (χ3n) is 5.02. The molecule has 1 amide bonds. The summed E-state index contributed by atoms with van der Waals surface area (Å²) in [7, 11) is 0. The van der Waals surface area contributed by atoms with Gasteiger partial charge in [-0.2, -0.15) is 4.98 Å². The fourth-order valence-corrected chi connectivity index (χ4v) is 3.56. The molecular weight excluding hydrogens is 318 g/mol. The van der Waals surface area contributed by atoms with Gasteiger partial charge >= 0.3 is 0 Å². The first-order chi connectivity index (χ1) is 11.9. The SMILES string of the molecule is CC(C)(C)c1nc(CN2CCCC(CNC(=O)C3CCCN3)C2)no1. The zero-order valence-corrected chi connectivity index (χ0v) is 15.7. The fraction of sp³-hybridized carbons (Fsp3) is 0.833. The summed E-state index contributed by atoms with van der Waals surface area (Å²) < 4.78 is 5.38. The Morgan fingerprint density at radius 2 is 2.20 bits per heavy atom. The minimum absolute atomic E-state index is 0.00911. The Labute approximate surface area is 149 Å². The van der Waals surface area contributed by atoms with E-state index in [4.69, 9.17) is 4.52 Å². The predicted molar refractivity (Wildman–Crippen MR) is 95.0 cm³/mol. The van der Waals surface area contributed by atoms with Crippen LogP contribution in [0.3, 0.4) is 0 Å². The maximum absolute atomic E-state index is 12.1. The van der Waals surface area contributed by atoms with Crippen molar-refractivity contribution in [1.82, 2.24) is 25.7 Å². The van der Waals surface area contributed by atoms with Gasteiger partial charge in [0.2, 0.25) is 11.8 Å². The number of nitrogens with zero attached hydrogens (tertiary/aromatic N) is 3. The van der Waals surface area contributed by atoms with E-state index < -0.39 is 0 Å². The van der Waals surface area contributed by atoms with E-state index in [9.17, 15) is 4.79 Å². The summed E-state index contributed by atoms with van der Waals surface area (Å²) in [5.74, 6) is 2.09. The van der Waals surface area contributed by atoms with Crippen LogP contribution < -0.4 is 10.6 Å². The molecule has 7 nitrogen and oxygen atoms in total. The third kappa shape index (κ3) is 5.01. The highest BCUT2D eigenvalue weighted by atomic mass is 16.5. The average Bonchev–Trinajstić information content (AvgIpc) is 3.24. The first-order valence-electron chi connectivity index (χ1n) is 9.48. The second-order valence-corrected chi connectivity index (χ2v) is 8.40. The van der Waals surface area contributed by atoms with Gasteiger partial charge in [-0.3, -0.25) is 9.69 Å². The fourth-order valence-electron chi connectivity index (χ4n) is 3.56. The van der Waals surface area contributed by atoms with E-state index in [0.717, 1.165) is 57.7 Å². The van der Waals surface area contributed by atoms with Crippen molar-refractivity contribution >= 4 is 5.91 Å². The van der Waals surface area contributed by atoms with Gasteiger partial charge in [-0.05, 0) is 44.7 Å². The van der Waals surface area contributed by atoms with Crippen molar-refractivity contribution in [2.75, 3.05) is 26.2 Å². The lowest BCUT2D eigenvalue weighted by atomic mass is 9.97. The van der Waals surface area contributed by atoms with Crippen molar-refractivity contribution in [1.29, 1.82) is 0 Å². The molecule has 140 valence electrons. The highest BCUT2D eigenvalue weighted by Gasteiger charge is 2.26. The largest absolute Gasteiger partial charge is 0.354 e. The number of rotatable bonds is 5. The number of carbonyl (C=O) groups is 1. The van der Waals surface area contributed by atoms with Crippen LogP contribution in [0.2, 0.25) is 0 Å². The van der Waals surface area contributed by atoms with Gasteiger partial charge < -0.3 is 15.2 Å². The average molecular weight is 349 g/mol. The molecule has 7 heteroatoms. The highest BCUT2D eigenvalue weighted by Crippen LogP contribution is 2.21. The van der Waals surface area contributed by atoms with Crippen LogP contribution in [0.1, 0.15) is 58.2 Å². The Kier molecular flexibility index (Phi) is 5.74. The van der Waals surface area contributed by atoms with Gasteiger partial charge in [0.05, 0.1) is 12.6 Å². The van der Waals surface area contributed by atoms with Crippen molar-refractivity contribution in [3.8, 4) is 0 Å². The molecule has 2 aliphatic rings. The molecule has 3 rings (SSSR count). The molecule has 1 aromatic rings. The van der Waals surface area contributed by atoms with Crippen LogP contribution in [0.25, 0.3) is 0 Å². The minimum Gasteiger partial charge on any atom is -0.354 e. The Morgan fingerprint density at radius 3 is 2.88 bits per heavy atom. The topological polar surface area (TPSA) is 83.3 Å². The lowest BCUT2D eigenvalue weighted by Gasteiger charge is -2.32. The standard InChI is InChI=1S/C18H31N5O2/c1-18(2,3)17-21-15(22-25-17)12-23-9-5-6-13(11-23)10-20-16(24)14-7-4-8-19-14/h13-14,19H,4-12H2,1-3H3,(H,20,24). The minimum atomic E-state index is -0.117. The summed E-state index contributed by atoms with van der Waals surface area (Å²) in [4.78, 5) is 19.0. The van der Waals surface area contributed by atoms with Crippen LogP contribution in [0, 0.1) is 5.92 Å². The molecule has 0 aliphatic carbocycles. The van der Waals surface area contributed by atoms with E-state index in [2.05, 4.69) is 46.4 Å². The molecule has 2 aliphatic heterocycles. The molecule has 0 radical (unpaired) electrons. The lowest BCUT2D eigenvalue weighted by molar-refractivity contribution is -0.123. The number of aromatic nitrogens is 2. The molecule has 0 bridgehead atoms. The van der Waals surface area contributed by atoms with Crippen molar-refractivity contribution in [3.63, 3.8) is 0 Å². The molecule has 3 heterocycles. The molecule has 1 aromatic heterocycles. The molecule has 0 spiro atoms. The van der Waals surface area contributed by atoms with Gasteiger partial charge in [-0.25, -0.2) is 0 Å². The normalized spacial score (nSPS) is 25.2. The Balaban J connectivity index is 1.46. The Morgan fingerprint density at radius 1 is 1.36 bits per heavy atom. The Hall–Kier alpha value is -1.47. The van der Waals surface area contributed by atoms with Gasteiger partial charge in [0.1, 0.15) is 0 Å². The lowest BCUT2D eigenvalue weighted by Crippen LogP contribution is -2.45. The predicted octanol–water partition coefficient (Wildman–Crippen LogP) is 1.45. The van der Waals surface area contributed by atoms with Gasteiger partial charge in [0.25, 0.3) is 0 Å². The molecule has 2 N–H and O–H groups in total. The number of nitrogens with one attached hydrogen (secondary N) is 2. The van der Waals surface area contributed by atoms with Crippen molar-refractivity contribution in [2.24, 2.45) is 5.92 Å². The van der Waals surface area contributed by atoms with Crippen LogP contribution in [-0.2, 0) is 16.8 Å². The molecule has 2 atom stereocenters. The molecule has 0 aromatic carbocycles. The van der Waals surface area contributed by atoms with Gasteiger partial charge in [-0.1, -0.05) is 25.9 Å². The number of likely N-dealkylation sites (tertiary alicyclic amines) is 1. The van der Waals surface area contributed by atoms with Gasteiger partial charge in [-0.15, -0.1) is 0 Å². The van der Waals surface area contributed by atoms with E-state index >= 15 is 0 Å². The second kappa shape index (κ2) is 7.83. The first-order valence-corrected chi connectivity index (χ1v) is 9.48. The van der Waals surface area contributed by atoms with Gasteiger partial charge in [0, 0.05) is 18.5 Å². The second-order valence-electron chi connectivity index (χ2n) is 8.40. The van der Waals surface area contributed by atoms with Crippen LogP contribution >= 0.6 is 0 Å². The summed E-state index contributed by atoms with van der Waals surface area (Å²) in [5.41, 5.74) is -0.117. The molecule has 25 heavy (non-hydrogen) atoms. The van der Waals surface area contributed by atoms with Crippen LogP contribution in [0.5, 0.6) is 0 Å². The third-order valence-corrected chi connectivity index (χ3v) is 5.02. The highest BCUT2D eigenvalue weighted by molar-refractivity contribution is 5.81. The number of piperidine rings is 1. The van der Waals surface area contributed by atoms with Crippen molar-refractivity contribution in [3.05, 3.63) is 11.7 Å². The number of hydrogen-bond acceptors (Lipinski definition) is 6. The van der Waals surface area contributed by atoms with E-state index in [1.807, 2.05) is 0 Å². The number of hydrogen-bond donors (Lipinski definition) is 2. The zero-order chi connectivity index (χ0) is 17.9. The van der Waals surface area contributed by atoms with Crippen LogP contribution in [0.15, 0.2) is 4.52 Å². The van der Waals surface area contributed by atoms with Crippen molar-refractivity contribution in [2.45, 2.75) is 64.5 Å². The summed E-state index contributed by atoms with van der Waals surface area (Å²) in [5, 5.41) is 10.5. The van der Waals surface area contributed by atoms with Crippen molar-refractivity contribution < 1.29 is 9.32 Å². The first kappa shape index (κ1) is 18.3. The molecule has 2 fully saturated rings. The van der Waals surface area contributed by atoms with Crippen LogP contribution in [-0.4, -0.2) is 53.2 Å². The van der Waals surface area contributed by atoms with E-state index in [1.54, 1.807) is 0 Å². The maximum atomic E-state index is 12.1. The molecule has 2 unspecified atom stereocenters. The Bertz CT molecular complexity index is 574. The monoisotopic (exact) mass is 349 g/mol. The molecule has 0 saturated carbocycles. The quantitative estimate of drug-likeness (QED) is 0.837. The summed E-state index contributed by atoms with van der Waals surface area (Å²) in [6.07, 6.45) is 4.35. The summed E-state index contributed by atoms with van der Waals surface area (Å²) in [6.45, 7) is 10.7. The molecule has 2 saturated heterocycles. The van der Waals surface area contributed by atoms with E-state index in [-0.39, 0.29) is 17.4 Å². The van der Waals surface area contributed by atoms with Crippen LogP contribution in [0.4, 0.5) is 0 Å². The summed E-state index contributed by atoms with van der Waals surface area (Å²) >= 11 is 0. The van der Waals surface area contributed by atoms with Gasteiger partial charge in [0.15, 0.2) is 5.82 Å². The maximum Gasteiger partial charge on any atom is 0.237 e. The molecular formula is C18H31N5O2. The number of amides is 1. The zero-order valence-electron chi connectivity index (χ0n) is 15.7. The smallest absolute Gasteiger partial charge is 0.237 e.